The van der Waals surface area contributed by atoms with Crippen LogP contribution in [-0.2, 0) is 11.3 Å². The van der Waals surface area contributed by atoms with E-state index in [1.807, 2.05) is 13.8 Å². The van der Waals surface area contributed by atoms with E-state index in [0.29, 0.717) is 18.6 Å². The third kappa shape index (κ3) is 4.03. The molecule has 2 bridgehead atoms. The van der Waals surface area contributed by atoms with Gasteiger partial charge in [0.05, 0.1) is 19.8 Å². The molecule has 38 heavy (non-hydrogen) atoms. The number of fused-ring (bicyclic) bond motifs is 5. The molecule has 13 heteroatoms. The van der Waals surface area contributed by atoms with Gasteiger partial charge in [-0.15, -0.1) is 0 Å². The van der Waals surface area contributed by atoms with Crippen molar-refractivity contribution in [2.24, 2.45) is 11.8 Å². The molecule has 1 aliphatic carbocycles. The van der Waals surface area contributed by atoms with Gasteiger partial charge in [-0.2, -0.15) is 13.2 Å². The highest BCUT2D eigenvalue weighted by Crippen LogP contribution is 2.45. The first-order valence-electron chi connectivity index (χ1n) is 12.0. The Morgan fingerprint density at radius 1 is 1.18 bits per heavy atom. The SMILES string of the molecule is COc1c2n(cc(C(=O)N[C@@H](c3ccc(F)cc3F)C(F)(F)F)c1=O)C[C@@H]1OC3CC([C@@H](C)[C@H]3C)N1C2=O. The number of alkyl halides is 3. The minimum absolute atomic E-state index is 0.0136. The van der Waals surface area contributed by atoms with Crippen LogP contribution < -0.4 is 15.5 Å². The van der Waals surface area contributed by atoms with Gasteiger partial charge in [0.1, 0.15) is 17.2 Å². The van der Waals surface area contributed by atoms with E-state index in [-0.39, 0.29) is 42.3 Å². The van der Waals surface area contributed by atoms with Gasteiger partial charge in [0.2, 0.25) is 5.43 Å². The van der Waals surface area contributed by atoms with Gasteiger partial charge < -0.3 is 24.3 Å². The molecule has 2 aliphatic heterocycles. The summed E-state index contributed by atoms with van der Waals surface area (Å²) in [6, 6.07) is -1.56. The molecule has 2 unspecified atom stereocenters. The molecule has 1 saturated carbocycles. The van der Waals surface area contributed by atoms with Crippen molar-refractivity contribution < 1.29 is 41.0 Å². The lowest BCUT2D eigenvalue weighted by Crippen LogP contribution is -2.58. The molecular weight excluding hydrogens is 517 g/mol. The molecule has 2 amide bonds. The van der Waals surface area contributed by atoms with Crippen LogP contribution in [0.3, 0.4) is 0 Å². The van der Waals surface area contributed by atoms with Crippen LogP contribution in [0, 0.1) is 23.5 Å². The number of nitrogens with one attached hydrogen (secondary N) is 1. The second-order valence-corrected chi connectivity index (χ2v) is 9.88. The number of hydrogen-bond donors (Lipinski definition) is 1. The number of halogens is 5. The zero-order valence-electron chi connectivity index (χ0n) is 20.5. The number of carbonyl (C=O) groups is 2. The second kappa shape index (κ2) is 9.07. The zero-order chi connectivity index (χ0) is 27.7. The Labute approximate surface area is 213 Å². The number of benzene rings is 1. The summed E-state index contributed by atoms with van der Waals surface area (Å²) in [4.78, 5) is 41.3. The van der Waals surface area contributed by atoms with Gasteiger partial charge in [-0.1, -0.05) is 19.9 Å². The number of rotatable bonds is 4. The van der Waals surface area contributed by atoms with Crippen molar-refractivity contribution >= 4 is 11.8 Å². The summed E-state index contributed by atoms with van der Waals surface area (Å²) in [5, 5.41) is 1.63. The van der Waals surface area contributed by atoms with E-state index in [9.17, 15) is 36.3 Å². The van der Waals surface area contributed by atoms with Crippen molar-refractivity contribution in [3.05, 3.63) is 63.1 Å². The number of methoxy groups -OCH3 is 1. The Kier molecular flexibility index (Phi) is 6.24. The third-order valence-corrected chi connectivity index (χ3v) is 7.85. The maximum Gasteiger partial charge on any atom is 0.412 e. The molecule has 0 radical (unpaired) electrons. The molecule has 5 rings (SSSR count). The molecule has 1 aromatic heterocycles. The van der Waals surface area contributed by atoms with Crippen molar-refractivity contribution in [3.63, 3.8) is 0 Å². The molecule has 1 aromatic carbocycles. The number of aromatic nitrogens is 1. The van der Waals surface area contributed by atoms with Crippen LogP contribution in [0.2, 0.25) is 0 Å². The van der Waals surface area contributed by atoms with Crippen LogP contribution in [0.5, 0.6) is 5.75 Å². The summed E-state index contributed by atoms with van der Waals surface area (Å²) < 4.78 is 81.5. The van der Waals surface area contributed by atoms with Crippen molar-refractivity contribution in [2.75, 3.05) is 7.11 Å². The first kappa shape index (κ1) is 26.1. The summed E-state index contributed by atoms with van der Waals surface area (Å²) in [5.74, 6) is -4.84. The average molecular weight is 541 g/mol. The highest BCUT2D eigenvalue weighted by molar-refractivity contribution is 5.99. The second-order valence-electron chi connectivity index (χ2n) is 9.88. The summed E-state index contributed by atoms with van der Waals surface area (Å²) in [6.45, 7) is 4.06. The molecule has 0 spiro atoms. The molecule has 1 saturated heterocycles. The van der Waals surface area contributed by atoms with Crippen molar-refractivity contribution in [2.45, 2.75) is 57.4 Å². The number of amides is 2. The first-order chi connectivity index (χ1) is 17.8. The van der Waals surface area contributed by atoms with E-state index in [1.165, 1.54) is 4.57 Å². The standard InChI is InChI=1S/C25H24F5N3O5/c1-10-11(2)17-7-16(10)33-18(38-17)9-32-8-14(20(34)21(37-3)19(32)24(33)36)23(35)31-22(25(28,29)30)13-5-4-12(26)6-15(13)27/h4-6,8,10-11,16-18,22H,7,9H2,1-3H3,(H,31,35)/t10-,11+,16?,17?,18-,22-/m0/s1. The maximum atomic E-state index is 14.2. The normalized spacial score (nSPS) is 27.0. The number of nitrogens with zero attached hydrogens (tertiary/aromatic N) is 2. The fraction of sp³-hybridized carbons (Fsp3) is 0.480. The first-order valence-corrected chi connectivity index (χ1v) is 12.0. The maximum absolute atomic E-state index is 14.2. The number of hydrogen-bond acceptors (Lipinski definition) is 5. The minimum Gasteiger partial charge on any atom is -0.491 e. The van der Waals surface area contributed by atoms with Crippen LogP contribution in [-0.4, -0.2) is 52.9 Å². The molecule has 1 N–H and O–H groups in total. The van der Waals surface area contributed by atoms with Gasteiger partial charge in [-0.05, 0) is 24.3 Å². The molecule has 3 aliphatic rings. The molecule has 8 nitrogen and oxygen atoms in total. The summed E-state index contributed by atoms with van der Waals surface area (Å²) in [7, 11) is 1.11. The zero-order valence-corrected chi connectivity index (χ0v) is 20.5. The van der Waals surface area contributed by atoms with E-state index < -0.39 is 64.2 Å². The van der Waals surface area contributed by atoms with Crippen molar-refractivity contribution in [1.29, 1.82) is 0 Å². The molecule has 2 aromatic rings. The molecule has 3 heterocycles. The summed E-state index contributed by atoms with van der Waals surface area (Å²) in [5.41, 5.74) is -3.02. The van der Waals surface area contributed by atoms with Gasteiger partial charge >= 0.3 is 6.18 Å². The highest BCUT2D eigenvalue weighted by atomic mass is 19.4. The minimum atomic E-state index is -5.18. The summed E-state index contributed by atoms with van der Waals surface area (Å²) in [6.07, 6.45) is -4.36. The number of carbonyl (C=O) groups excluding carboxylic acids is 2. The fourth-order valence-corrected chi connectivity index (χ4v) is 5.72. The molecule has 6 atom stereocenters. The van der Waals surface area contributed by atoms with E-state index in [1.54, 1.807) is 10.2 Å². The quantitative estimate of drug-likeness (QED) is 0.600. The summed E-state index contributed by atoms with van der Waals surface area (Å²) >= 11 is 0. The van der Waals surface area contributed by atoms with E-state index in [2.05, 4.69) is 0 Å². The number of ether oxygens (including phenoxy) is 2. The van der Waals surface area contributed by atoms with E-state index >= 15 is 0 Å². The van der Waals surface area contributed by atoms with Crippen LogP contribution in [0.4, 0.5) is 22.0 Å². The van der Waals surface area contributed by atoms with Gasteiger partial charge in [0.15, 0.2) is 23.7 Å². The third-order valence-electron chi connectivity index (χ3n) is 7.85. The Morgan fingerprint density at radius 2 is 1.89 bits per heavy atom. The van der Waals surface area contributed by atoms with Crippen LogP contribution in [0.15, 0.2) is 29.2 Å². The lowest BCUT2D eigenvalue weighted by Gasteiger charge is -2.45. The van der Waals surface area contributed by atoms with Gasteiger partial charge in [0.25, 0.3) is 11.8 Å². The predicted octanol–water partition coefficient (Wildman–Crippen LogP) is 3.39. The van der Waals surface area contributed by atoms with Gasteiger partial charge in [-0.3, -0.25) is 14.4 Å². The van der Waals surface area contributed by atoms with Crippen LogP contribution >= 0.6 is 0 Å². The molecule has 2 fully saturated rings. The highest BCUT2D eigenvalue weighted by Gasteiger charge is 2.53. The molecular formula is C25H24F5N3O5. The Bertz CT molecular complexity index is 1380. The fourth-order valence-electron chi connectivity index (χ4n) is 5.72. The number of pyridine rings is 1. The average Bonchev–Trinajstić information content (AvgIpc) is 3.06. The van der Waals surface area contributed by atoms with Crippen molar-refractivity contribution in [3.8, 4) is 5.75 Å². The topological polar surface area (TPSA) is 89.9 Å². The van der Waals surface area contributed by atoms with Crippen LogP contribution in [0.1, 0.15) is 52.7 Å². The Morgan fingerprint density at radius 3 is 2.53 bits per heavy atom. The van der Waals surface area contributed by atoms with E-state index in [4.69, 9.17) is 9.47 Å². The van der Waals surface area contributed by atoms with Gasteiger partial charge in [-0.25, -0.2) is 8.78 Å². The monoisotopic (exact) mass is 541 g/mol. The van der Waals surface area contributed by atoms with Gasteiger partial charge in [0, 0.05) is 23.9 Å². The predicted molar refractivity (Wildman–Crippen MR) is 121 cm³/mol. The lowest BCUT2D eigenvalue weighted by molar-refractivity contribution is -0.155. The van der Waals surface area contributed by atoms with E-state index in [0.717, 1.165) is 13.3 Å². The smallest absolute Gasteiger partial charge is 0.412 e. The van der Waals surface area contributed by atoms with Crippen molar-refractivity contribution in [1.82, 2.24) is 14.8 Å². The molecule has 204 valence electrons. The largest absolute Gasteiger partial charge is 0.491 e. The Balaban J connectivity index is 1.53. The lowest BCUT2D eigenvalue weighted by atomic mass is 9.96. The van der Waals surface area contributed by atoms with Crippen LogP contribution in [0.25, 0.3) is 0 Å². The Hall–Kier alpha value is -3.48.